The zero-order chi connectivity index (χ0) is 10.7. The summed E-state index contributed by atoms with van der Waals surface area (Å²) in [5.41, 5.74) is 7.60. The van der Waals surface area contributed by atoms with Crippen LogP contribution in [0, 0.1) is 0 Å². The summed E-state index contributed by atoms with van der Waals surface area (Å²) in [6, 6.07) is 9.72. The van der Waals surface area contributed by atoms with E-state index < -0.39 is 0 Å². The molecule has 2 N–H and O–H groups in total. The minimum absolute atomic E-state index is 0.684. The highest BCUT2D eigenvalue weighted by atomic mass is 32.1. The van der Waals surface area contributed by atoms with Crippen molar-refractivity contribution in [3.8, 4) is 17.0 Å². The molecule has 0 aliphatic heterocycles. The molecule has 0 amide bonds. The molecular formula is C11H12N2OS. The molecule has 1 aromatic carbocycles. The van der Waals surface area contributed by atoms with Crippen molar-refractivity contribution in [3.05, 3.63) is 30.3 Å². The molecule has 0 bridgehead atoms. The van der Waals surface area contributed by atoms with E-state index in [4.69, 9.17) is 10.5 Å². The minimum Gasteiger partial charge on any atom is -0.494 e. The van der Waals surface area contributed by atoms with Crippen LogP contribution in [0.3, 0.4) is 0 Å². The van der Waals surface area contributed by atoms with Gasteiger partial charge in [-0.3, -0.25) is 0 Å². The molecule has 78 valence electrons. The molecule has 2 rings (SSSR count). The summed E-state index contributed by atoms with van der Waals surface area (Å²) in [6.07, 6.45) is 0. The van der Waals surface area contributed by atoms with E-state index in [9.17, 15) is 0 Å². The number of aromatic nitrogens is 1. The van der Waals surface area contributed by atoms with Crippen LogP contribution in [0.25, 0.3) is 11.3 Å². The summed E-state index contributed by atoms with van der Waals surface area (Å²) < 4.78 is 9.60. The van der Waals surface area contributed by atoms with Crippen molar-refractivity contribution in [3.63, 3.8) is 0 Å². The summed E-state index contributed by atoms with van der Waals surface area (Å²) in [6.45, 7) is 2.65. The summed E-state index contributed by atoms with van der Waals surface area (Å²) in [5, 5.41) is 0.735. The number of ether oxygens (including phenoxy) is 1. The lowest BCUT2D eigenvalue weighted by atomic mass is 10.1. The van der Waals surface area contributed by atoms with Crippen molar-refractivity contribution in [2.24, 2.45) is 0 Å². The van der Waals surface area contributed by atoms with Gasteiger partial charge in [0.2, 0.25) is 0 Å². The van der Waals surface area contributed by atoms with Gasteiger partial charge in [0.15, 0.2) is 0 Å². The Morgan fingerprint density at radius 1 is 1.33 bits per heavy atom. The van der Waals surface area contributed by atoms with Crippen molar-refractivity contribution in [2.45, 2.75) is 6.92 Å². The Morgan fingerprint density at radius 3 is 2.60 bits per heavy atom. The number of nitrogens with two attached hydrogens (primary N) is 1. The first-order chi connectivity index (χ1) is 7.29. The van der Waals surface area contributed by atoms with Crippen LogP contribution in [0.15, 0.2) is 30.3 Å². The highest BCUT2D eigenvalue weighted by Gasteiger charge is 2.02. The Morgan fingerprint density at radius 2 is 2.07 bits per heavy atom. The lowest BCUT2D eigenvalue weighted by molar-refractivity contribution is 0.340. The third kappa shape index (κ3) is 2.27. The summed E-state index contributed by atoms with van der Waals surface area (Å²) in [5.74, 6) is 0.879. The summed E-state index contributed by atoms with van der Waals surface area (Å²) in [7, 11) is 0. The largest absolute Gasteiger partial charge is 0.494 e. The maximum atomic E-state index is 5.62. The van der Waals surface area contributed by atoms with E-state index in [1.54, 1.807) is 0 Å². The number of nitrogens with zero attached hydrogens (tertiary/aromatic N) is 1. The molecule has 0 aliphatic carbocycles. The molecular weight excluding hydrogens is 208 g/mol. The molecule has 2 aromatic rings. The second kappa shape index (κ2) is 4.31. The Kier molecular flexibility index (Phi) is 2.87. The number of hydrogen-bond donors (Lipinski definition) is 1. The lowest BCUT2D eigenvalue weighted by Gasteiger charge is -2.02. The normalized spacial score (nSPS) is 10.2. The Balaban J connectivity index is 2.23. The first kappa shape index (κ1) is 9.98. The average molecular weight is 220 g/mol. The molecule has 0 spiro atoms. The van der Waals surface area contributed by atoms with Crippen molar-refractivity contribution in [1.82, 2.24) is 4.37 Å². The van der Waals surface area contributed by atoms with Gasteiger partial charge >= 0.3 is 0 Å². The van der Waals surface area contributed by atoms with Gasteiger partial charge in [0.25, 0.3) is 0 Å². The Labute approximate surface area is 92.7 Å². The molecule has 1 aromatic heterocycles. The smallest absolute Gasteiger partial charge is 0.119 e. The van der Waals surface area contributed by atoms with Crippen molar-refractivity contribution in [1.29, 1.82) is 0 Å². The maximum Gasteiger partial charge on any atom is 0.119 e. The second-order valence-electron chi connectivity index (χ2n) is 3.07. The zero-order valence-corrected chi connectivity index (χ0v) is 9.25. The molecule has 4 heteroatoms. The highest BCUT2D eigenvalue weighted by Crippen LogP contribution is 2.25. The van der Waals surface area contributed by atoms with Crippen LogP contribution in [-0.2, 0) is 0 Å². The van der Waals surface area contributed by atoms with Gasteiger partial charge in [-0.25, -0.2) is 0 Å². The molecule has 0 radical (unpaired) electrons. The predicted octanol–water partition coefficient (Wildman–Crippen LogP) is 2.79. The third-order valence-corrected chi connectivity index (χ3v) is 2.61. The van der Waals surface area contributed by atoms with Crippen LogP contribution in [0.1, 0.15) is 6.92 Å². The van der Waals surface area contributed by atoms with E-state index in [-0.39, 0.29) is 0 Å². The Hall–Kier alpha value is -1.55. The van der Waals surface area contributed by atoms with Crippen molar-refractivity contribution < 1.29 is 4.74 Å². The number of benzene rings is 1. The van der Waals surface area contributed by atoms with Crippen LogP contribution in [-0.4, -0.2) is 11.0 Å². The molecule has 3 nitrogen and oxygen atoms in total. The number of nitrogen functional groups attached to an aromatic ring is 1. The van der Waals surface area contributed by atoms with Crippen molar-refractivity contribution in [2.75, 3.05) is 12.3 Å². The molecule has 0 saturated carbocycles. The minimum atomic E-state index is 0.684. The molecule has 0 fully saturated rings. The fraction of sp³-hybridized carbons (Fsp3) is 0.182. The van der Waals surface area contributed by atoms with E-state index >= 15 is 0 Å². The van der Waals surface area contributed by atoms with Gasteiger partial charge in [-0.1, -0.05) is 0 Å². The lowest BCUT2D eigenvalue weighted by Crippen LogP contribution is -1.90. The van der Waals surface area contributed by atoms with E-state index in [1.807, 2.05) is 37.3 Å². The number of rotatable bonds is 3. The molecule has 15 heavy (non-hydrogen) atoms. The first-order valence-corrected chi connectivity index (χ1v) is 5.52. The van der Waals surface area contributed by atoms with Gasteiger partial charge in [0.05, 0.1) is 12.3 Å². The van der Waals surface area contributed by atoms with E-state index in [2.05, 4.69) is 4.37 Å². The van der Waals surface area contributed by atoms with Gasteiger partial charge in [0, 0.05) is 11.6 Å². The van der Waals surface area contributed by atoms with Gasteiger partial charge in [-0.2, -0.15) is 4.37 Å². The standard InChI is InChI=1S/C11H12N2OS/c1-2-14-9-5-3-8(4-6-9)10-7-11(12)15-13-10/h3-7H,2,12H2,1H3. The van der Waals surface area contributed by atoms with Gasteiger partial charge < -0.3 is 10.5 Å². The molecule has 0 saturated heterocycles. The highest BCUT2D eigenvalue weighted by molar-refractivity contribution is 7.10. The van der Waals surface area contributed by atoms with Crippen LogP contribution in [0.4, 0.5) is 5.00 Å². The Bertz CT molecular complexity index is 436. The quantitative estimate of drug-likeness (QED) is 0.865. The molecule has 0 unspecified atom stereocenters. The van der Waals surface area contributed by atoms with Crippen molar-refractivity contribution >= 4 is 16.5 Å². The van der Waals surface area contributed by atoms with E-state index in [0.29, 0.717) is 6.61 Å². The van der Waals surface area contributed by atoms with Gasteiger partial charge in [0.1, 0.15) is 10.8 Å². The summed E-state index contributed by atoms with van der Waals surface area (Å²) in [4.78, 5) is 0. The average Bonchev–Trinajstić information content (AvgIpc) is 2.67. The first-order valence-electron chi connectivity index (χ1n) is 4.75. The van der Waals surface area contributed by atoms with Crippen LogP contribution < -0.4 is 10.5 Å². The van der Waals surface area contributed by atoms with Crippen LogP contribution in [0.2, 0.25) is 0 Å². The SMILES string of the molecule is CCOc1ccc(-c2cc(N)sn2)cc1. The molecule has 0 atom stereocenters. The molecule has 1 heterocycles. The van der Waals surface area contributed by atoms with E-state index in [1.165, 1.54) is 11.5 Å². The zero-order valence-electron chi connectivity index (χ0n) is 8.43. The second-order valence-corrected chi connectivity index (χ2v) is 3.91. The molecule has 0 aliphatic rings. The fourth-order valence-electron chi connectivity index (χ4n) is 1.31. The van der Waals surface area contributed by atoms with Crippen LogP contribution >= 0.6 is 11.5 Å². The monoisotopic (exact) mass is 220 g/mol. The number of anilines is 1. The summed E-state index contributed by atoms with van der Waals surface area (Å²) >= 11 is 1.31. The van der Waals surface area contributed by atoms with Gasteiger partial charge in [-0.15, -0.1) is 0 Å². The fourth-order valence-corrected chi connectivity index (χ4v) is 1.84. The van der Waals surface area contributed by atoms with E-state index in [0.717, 1.165) is 22.0 Å². The van der Waals surface area contributed by atoms with Gasteiger partial charge in [-0.05, 0) is 42.7 Å². The topological polar surface area (TPSA) is 48.1 Å². The number of hydrogen-bond acceptors (Lipinski definition) is 4. The predicted molar refractivity (Wildman–Crippen MR) is 63.1 cm³/mol. The maximum absolute atomic E-state index is 5.62. The van der Waals surface area contributed by atoms with Crippen LogP contribution in [0.5, 0.6) is 5.75 Å². The third-order valence-electron chi connectivity index (χ3n) is 1.99.